The van der Waals surface area contributed by atoms with Crippen molar-refractivity contribution in [3.8, 4) is 0 Å². The van der Waals surface area contributed by atoms with Crippen molar-refractivity contribution in [1.82, 2.24) is 9.97 Å². The first-order valence-corrected chi connectivity index (χ1v) is 9.32. The average Bonchev–Trinajstić information content (AvgIpc) is 2.72. The molecule has 1 aromatic heterocycles. The van der Waals surface area contributed by atoms with E-state index in [1.165, 1.54) is 16.8 Å². The highest BCUT2D eigenvalue weighted by molar-refractivity contribution is 5.65. The Morgan fingerprint density at radius 1 is 1.00 bits per heavy atom. The van der Waals surface area contributed by atoms with Gasteiger partial charge in [0, 0.05) is 31.5 Å². The SMILES string of the molecule is CCN(Cc1ccccc1)c1nccc(N2CCCc3ccccc32)n1. The van der Waals surface area contributed by atoms with Gasteiger partial charge in [0.25, 0.3) is 0 Å². The first-order valence-electron chi connectivity index (χ1n) is 9.32. The second-order valence-corrected chi connectivity index (χ2v) is 6.60. The standard InChI is InChI=1S/C22H24N4/c1-2-25(17-18-9-4-3-5-10-18)22-23-15-14-21(24-22)26-16-8-12-19-11-6-7-13-20(19)26/h3-7,9-11,13-15H,2,8,12,16-17H2,1H3. The summed E-state index contributed by atoms with van der Waals surface area (Å²) in [5.41, 5.74) is 3.94. The molecule has 0 saturated carbocycles. The molecule has 0 unspecified atom stereocenters. The first-order chi connectivity index (χ1) is 12.8. The molecule has 4 heteroatoms. The van der Waals surface area contributed by atoms with Crippen molar-refractivity contribution in [3.63, 3.8) is 0 Å². The van der Waals surface area contributed by atoms with Crippen LogP contribution in [0.4, 0.5) is 17.5 Å². The van der Waals surface area contributed by atoms with Crippen molar-refractivity contribution in [1.29, 1.82) is 0 Å². The van der Waals surface area contributed by atoms with Crippen molar-refractivity contribution in [2.45, 2.75) is 26.3 Å². The molecule has 26 heavy (non-hydrogen) atoms. The molecule has 0 aliphatic carbocycles. The number of fused-ring (bicyclic) bond motifs is 1. The number of benzene rings is 2. The maximum Gasteiger partial charge on any atom is 0.227 e. The molecule has 0 bridgehead atoms. The number of para-hydroxylation sites is 1. The van der Waals surface area contributed by atoms with Crippen LogP contribution >= 0.6 is 0 Å². The molecule has 3 aromatic rings. The minimum absolute atomic E-state index is 0.789. The van der Waals surface area contributed by atoms with Gasteiger partial charge in [0.15, 0.2) is 0 Å². The molecular formula is C22H24N4. The van der Waals surface area contributed by atoms with Crippen LogP contribution in [0.15, 0.2) is 66.9 Å². The minimum Gasteiger partial charge on any atom is -0.337 e. The van der Waals surface area contributed by atoms with E-state index in [2.05, 4.69) is 70.2 Å². The van der Waals surface area contributed by atoms with Gasteiger partial charge in [-0.2, -0.15) is 4.98 Å². The summed E-state index contributed by atoms with van der Waals surface area (Å²) in [4.78, 5) is 14.0. The van der Waals surface area contributed by atoms with E-state index in [-0.39, 0.29) is 0 Å². The van der Waals surface area contributed by atoms with Gasteiger partial charge in [0.2, 0.25) is 5.95 Å². The fraction of sp³-hybridized carbons (Fsp3) is 0.273. The van der Waals surface area contributed by atoms with Crippen LogP contribution in [-0.2, 0) is 13.0 Å². The summed E-state index contributed by atoms with van der Waals surface area (Å²) in [6, 6.07) is 21.1. The van der Waals surface area contributed by atoms with Crippen molar-refractivity contribution >= 4 is 17.5 Å². The van der Waals surface area contributed by atoms with Crippen LogP contribution in [0.1, 0.15) is 24.5 Å². The fourth-order valence-electron chi connectivity index (χ4n) is 3.54. The lowest BCUT2D eigenvalue weighted by atomic mass is 10.0. The summed E-state index contributed by atoms with van der Waals surface area (Å²) in [5.74, 6) is 1.77. The average molecular weight is 344 g/mol. The summed E-state index contributed by atoms with van der Waals surface area (Å²) >= 11 is 0. The molecule has 0 saturated heterocycles. The minimum atomic E-state index is 0.789. The monoisotopic (exact) mass is 344 g/mol. The van der Waals surface area contributed by atoms with E-state index in [1.54, 1.807) is 0 Å². The molecule has 4 nitrogen and oxygen atoms in total. The maximum absolute atomic E-state index is 4.90. The summed E-state index contributed by atoms with van der Waals surface area (Å²) in [6.07, 6.45) is 4.17. The molecular weight excluding hydrogens is 320 g/mol. The molecule has 0 fully saturated rings. The smallest absolute Gasteiger partial charge is 0.227 e. The summed E-state index contributed by atoms with van der Waals surface area (Å²) in [5, 5.41) is 0. The topological polar surface area (TPSA) is 32.3 Å². The number of rotatable bonds is 5. The second-order valence-electron chi connectivity index (χ2n) is 6.60. The Morgan fingerprint density at radius 3 is 2.65 bits per heavy atom. The van der Waals surface area contributed by atoms with Gasteiger partial charge in [0.05, 0.1) is 0 Å². The van der Waals surface area contributed by atoms with Gasteiger partial charge in [0.1, 0.15) is 5.82 Å². The lowest BCUT2D eigenvalue weighted by Crippen LogP contribution is -2.28. The second kappa shape index (κ2) is 7.56. The molecule has 2 heterocycles. The molecule has 0 N–H and O–H groups in total. The zero-order chi connectivity index (χ0) is 17.8. The predicted octanol–water partition coefficient (Wildman–Crippen LogP) is 4.59. The van der Waals surface area contributed by atoms with Crippen LogP contribution in [0, 0.1) is 0 Å². The Kier molecular flexibility index (Phi) is 4.82. The fourth-order valence-corrected chi connectivity index (χ4v) is 3.54. The van der Waals surface area contributed by atoms with Crippen LogP contribution in [0.3, 0.4) is 0 Å². The van der Waals surface area contributed by atoms with Crippen LogP contribution in [0.25, 0.3) is 0 Å². The predicted molar refractivity (Wildman–Crippen MR) is 107 cm³/mol. The lowest BCUT2D eigenvalue weighted by Gasteiger charge is -2.31. The van der Waals surface area contributed by atoms with Crippen molar-refractivity contribution in [3.05, 3.63) is 78.0 Å². The van der Waals surface area contributed by atoms with Gasteiger partial charge in [-0.3, -0.25) is 0 Å². The van der Waals surface area contributed by atoms with E-state index in [0.29, 0.717) is 0 Å². The van der Waals surface area contributed by atoms with Crippen molar-refractivity contribution in [2.24, 2.45) is 0 Å². The molecule has 1 aliphatic heterocycles. The molecule has 4 rings (SSSR count). The molecule has 0 atom stereocenters. The normalized spacial score (nSPS) is 13.3. The molecule has 0 radical (unpaired) electrons. The van der Waals surface area contributed by atoms with E-state index in [1.807, 2.05) is 18.3 Å². The van der Waals surface area contributed by atoms with Crippen LogP contribution in [0.5, 0.6) is 0 Å². The Balaban J connectivity index is 1.62. The number of hydrogen-bond donors (Lipinski definition) is 0. The Hall–Kier alpha value is -2.88. The molecule has 132 valence electrons. The van der Waals surface area contributed by atoms with E-state index in [0.717, 1.165) is 44.2 Å². The number of aromatic nitrogens is 2. The van der Waals surface area contributed by atoms with Gasteiger partial charge in [-0.1, -0.05) is 48.5 Å². The summed E-state index contributed by atoms with van der Waals surface area (Å²) in [7, 11) is 0. The zero-order valence-corrected chi connectivity index (χ0v) is 15.2. The van der Waals surface area contributed by atoms with E-state index >= 15 is 0 Å². The van der Waals surface area contributed by atoms with Crippen molar-refractivity contribution in [2.75, 3.05) is 22.9 Å². The third-order valence-electron chi connectivity index (χ3n) is 4.90. The van der Waals surface area contributed by atoms with Gasteiger partial charge in [-0.25, -0.2) is 4.98 Å². The Morgan fingerprint density at radius 2 is 1.81 bits per heavy atom. The highest BCUT2D eigenvalue weighted by Gasteiger charge is 2.20. The van der Waals surface area contributed by atoms with Crippen LogP contribution < -0.4 is 9.80 Å². The third kappa shape index (κ3) is 3.40. The molecule has 0 spiro atoms. The lowest BCUT2D eigenvalue weighted by molar-refractivity contribution is 0.749. The largest absolute Gasteiger partial charge is 0.337 e. The van der Waals surface area contributed by atoms with Gasteiger partial charge in [-0.05, 0) is 43.0 Å². The highest BCUT2D eigenvalue weighted by atomic mass is 15.3. The first kappa shape index (κ1) is 16.6. The van der Waals surface area contributed by atoms with Gasteiger partial charge < -0.3 is 9.80 Å². The molecule has 2 aromatic carbocycles. The summed E-state index contributed by atoms with van der Waals surface area (Å²) < 4.78 is 0. The van der Waals surface area contributed by atoms with Crippen LogP contribution in [0.2, 0.25) is 0 Å². The Bertz CT molecular complexity index is 863. The zero-order valence-electron chi connectivity index (χ0n) is 15.2. The summed E-state index contributed by atoms with van der Waals surface area (Å²) in [6.45, 7) is 4.83. The van der Waals surface area contributed by atoms with Gasteiger partial charge in [-0.15, -0.1) is 0 Å². The maximum atomic E-state index is 4.90. The van der Waals surface area contributed by atoms with Crippen LogP contribution in [-0.4, -0.2) is 23.1 Å². The number of anilines is 3. The van der Waals surface area contributed by atoms with Crippen molar-refractivity contribution < 1.29 is 0 Å². The highest BCUT2D eigenvalue weighted by Crippen LogP contribution is 2.32. The van der Waals surface area contributed by atoms with E-state index in [9.17, 15) is 0 Å². The van der Waals surface area contributed by atoms with Gasteiger partial charge >= 0.3 is 0 Å². The molecule has 1 aliphatic rings. The van der Waals surface area contributed by atoms with E-state index < -0.39 is 0 Å². The molecule has 0 amide bonds. The quantitative estimate of drug-likeness (QED) is 0.678. The number of aryl methyl sites for hydroxylation is 1. The number of nitrogens with zero attached hydrogens (tertiary/aromatic N) is 4. The van der Waals surface area contributed by atoms with E-state index in [4.69, 9.17) is 4.98 Å². The number of hydrogen-bond acceptors (Lipinski definition) is 4. The Labute approximate surface area is 155 Å². The third-order valence-corrected chi connectivity index (χ3v) is 4.90.